The fourth-order valence-electron chi connectivity index (χ4n) is 1.45. The van der Waals surface area contributed by atoms with Crippen LogP contribution in [-0.2, 0) is 4.79 Å². The Kier molecular flexibility index (Phi) is 4.91. The predicted octanol–water partition coefficient (Wildman–Crippen LogP) is 1.31. The number of nitrogens with one attached hydrogen (secondary N) is 2. The number of non-ortho nitro benzene ring substituents is 1. The number of primary amides is 1. The average molecular weight is 252 g/mol. The van der Waals surface area contributed by atoms with Crippen molar-refractivity contribution in [1.29, 1.82) is 0 Å². The molecule has 1 rings (SSSR count). The van der Waals surface area contributed by atoms with Gasteiger partial charge >= 0.3 is 0 Å². The van der Waals surface area contributed by atoms with E-state index < -0.39 is 10.8 Å². The third-order valence-corrected chi connectivity index (χ3v) is 2.21. The molecule has 0 aliphatic rings. The summed E-state index contributed by atoms with van der Waals surface area (Å²) in [4.78, 5) is 20.9. The Morgan fingerprint density at radius 2 is 1.94 bits per heavy atom. The fourth-order valence-corrected chi connectivity index (χ4v) is 1.45. The van der Waals surface area contributed by atoms with Crippen molar-refractivity contribution in [3.63, 3.8) is 0 Å². The molecule has 1 aromatic carbocycles. The van der Waals surface area contributed by atoms with Gasteiger partial charge in [0.05, 0.1) is 4.92 Å². The molecule has 7 nitrogen and oxygen atoms in total. The van der Waals surface area contributed by atoms with Gasteiger partial charge in [0.25, 0.3) is 5.69 Å². The van der Waals surface area contributed by atoms with E-state index in [0.29, 0.717) is 24.5 Å². The number of benzene rings is 1. The summed E-state index contributed by atoms with van der Waals surface area (Å²) in [6.07, 6.45) is 0.180. The molecule has 0 saturated heterocycles. The third kappa shape index (κ3) is 4.28. The number of carbonyl (C=O) groups excluding carboxylic acids is 1. The normalized spacial score (nSPS) is 9.83. The van der Waals surface area contributed by atoms with Gasteiger partial charge in [-0.1, -0.05) is 0 Å². The molecule has 0 aliphatic carbocycles. The van der Waals surface area contributed by atoms with E-state index in [9.17, 15) is 14.9 Å². The van der Waals surface area contributed by atoms with Crippen molar-refractivity contribution in [3.05, 3.63) is 28.3 Å². The second-order valence-electron chi connectivity index (χ2n) is 3.70. The molecule has 0 fully saturated rings. The van der Waals surface area contributed by atoms with Crippen molar-refractivity contribution in [2.45, 2.75) is 13.3 Å². The van der Waals surface area contributed by atoms with Gasteiger partial charge in [0.1, 0.15) is 0 Å². The first kappa shape index (κ1) is 13.8. The van der Waals surface area contributed by atoms with Crippen LogP contribution in [0, 0.1) is 10.1 Å². The summed E-state index contributed by atoms with van der Waals surface area (Å²) >= 11 is 0. The molecular formula is C11H16N4O3. The van der Waals surface area contributed by atoms with Crippen LogP contribution in [0.4, 0.5) is 17.1 Å². The van der Waals surface area contributed by atoms with E-state index in [-0.39, 0.29) is 12.1 Å². The van der Waals surface area contributed by atoms with Crippen LogP contribution in [0.5, 0.6) is 0 Å². The molecule has 1 aromatic rings. The first-order valence-electron chi connectivity index (χ1n) is 5.58. The van der Waals surface area contributed by atoms with Crippen molar-refractivity contribution in [3.8, 4) is 0 Å². The molecule has 0 bridgehead atoms. The Hall–Kier alpha value is -2.31. The van der Waals surface area contributed by atoms with E-state index in [2.05, 4.69) is 10.6 Å². The van der Waals surface area contributed by atoms with E-state index in [1.165, 1.54) is 12.1 Å². The van der Waals surface area contributed by atoms with E-state index in [4.69, 9.17) is 5.73 Å². The Morgan fingerprint density at radius 1 is 1.33 bits per heavy atom. The van der Waals surface area contributed by atoms with Crippen molar-refractivity contribution in [2.24, 2.45) is 5.73 Å². The number of hydrogen-bond acceptors (Lipinski definition) is 5. The van der Waals surface area contributed by atoms with Gasteiger partial charge in [-0.25, -0.2) is 0 Å². The number of nitro benzene ring substituents is 1. The highest BCUT2D eigenvalue weighted by atomic mass is 16.6. The van der Waals surface area contributed by atoms with Gasteiger partial charge in [-0.3, -0.25) is 14.9 Å². The Bertz CT molecular complexity index is 448. The molecule has 4 N–H and O–H groups in total. The number of nitrogens with two attached hydrogens (primary N) is 1. The number of nitrogens with zero attached hydrogens (tertiary/aromatic N) is 1. The largest absolute Gasteiger partial charge is 0.385 e. The minimum atomic E-state index is -0.458. The minimum Gasteiger partial charge on any atom is -0.385 e. The van der Waals surface area contributed by atoms with Crippen LogP contribution >= 0.6 is 0 Å². The summed E-state index contributed by atoms with van der Waals surface area (Å²) in [7, 11) is 0. The van der Waals surface area contributed by atoms with Crippen molar-refractivity contribution in [1.82, 2.24) is 0 Å². The predicted molar refractivity (Wildman–Crippen MR) is 69.6 cm³/mol. The molecule has 7 heteroatoms. The lowest BCUT2D eigenvalue weighted by Gasteiger charge is -2.08. The van der Waals surface area contributed by atoms with Gasteiger partial charge in [-0.15, -0.1) is 0 Å². The van der Waals surface area contributed by atoms with Crippen LogP contribution in [0.1, 0.15) is 13.3 Å². The zero-order chi connectivity index (χ0) is 13.5. The van der Waals surface area contributed by atoms with E-state index >= 15 is 0 Å². The molecule has 0 unspecified atom stereocenters. The summed E-state index contributed by atoms with van der Waals surface area (Å²) in [6, 6.07) is 4.63. The van der Waals surface area contributed by atoms with E-state index in [1.54, 1.807) is 6.07 Å². The van der Waals surface area contributed by atoms with Crippen molar-refractivity contribution >= 4 is 23.0 Å². The average Bonchev–Trinajstić information content (AvgIpc) is 2.28. The molecule has 0 heterocycles. The summed E-state index contributed by atoms with van der Waals surface area (Å²) in [5.41, 5.74) is 6.25. The van der Waals surface area contributed by atoms with Crippen LogP contribution in [0.2, 0.25) is 0 Å². The van der Waals surface area contributed by atoms with Gasteiger partial charge in [0, 0.05) is 43.0 Å². The lowest BCUT2D eigenvalue weighted by atomic mass is 10.2. The molecule has 0 aliphatic heterocycles. The summed E-state index contributed by atoms with van der Waals surface area (Å²) < 4.78 is 0. The van der Waals surface area contributed by atoms with Crippen LogP contribution in [0.25, 0.3) is 0 Å². The van der Waals surface area contributed by atoms with E-state index in [0.717, 1.165) is 0 Å². The van der Waals surface area contributed by atoms with Crippen LogP contribution < -0.4 is 16.4 Å². The molecule has 0 saturated carbocycles. The Balaban J connectivity index is 2.82. The van der Waals surface area contributed by atoms with Crippen LogP contribution in [0.15, 0.2) is 18.2 Å². The number of hydrogen-bond donors (Lipinski definition) is 3. The number of anilines is 2. The lowest BCUT2D eigenvalue weighted by molar-refractivity contribution is -0.384. The van der Waals surface area contributed by atoms with Crippen molar-refractivity contribution in [2.75, 3.05) is 23.7 Å². The summed E-state index contributed by atoms with van der Waals surface area (Å²) in [6.45, 7) is 2.92. The maximum absolute atomic E-state index is 10.8. The molecule has 0 aromatic heterocycles. The maximum atomic E-state index is 10.8. The topological polar surface area (TPSA) is 110 Å². The van der Waals surface area contributed by atoms with Crippen molar-refractivity contribution < 1.29 is 9.72 Å². The molecule has 18 heavy (non-hydrogen) atoms. The summed E-state index contributed by atoms with van der Waals surface area (Å²) in [5, 5.41) is 16.7. The monoisotopic (exact) mass is 252 g/mol. The van der Waals surface area contributed by atoms with Gasteiger partial charge in [-0.05, 0) is 13.0 Å². The lowest BCUT2D eigenvalue weighted by Crippen LogP contribution is -2.15. The molecule has 0 radical (unpaired) electrons. The summed E-state index contributed by atoms with van der Waals surface area (Å²) in [5.74, 6) is -0.417. The number of nitro groups is 1. The van der Waals surface area contributed by atoms with E-state index in [1.807, 2.05) is 6.92 Å². The molecule has 1 amide bonds. The van der Waals surface area contributed by atoms with Crippen LogP contribution in [0.3, 0.4) is 0 Å². The maximum Gasteiger partial charge on any atom is 0.273 e. The molecule has 0 spiro atoms. The molecular weight excluding hydrogens is 236 g/mol. The third-order valence-electron chi connectivity index (χ3n) is 2.21. The highest BCUT2D eigenvalue weighted by Gasteiger charge is 2.09. The smallest absolute Gasteiger partial charge is 0.273 e. The first-order chi connectivity index (χ1) is 8.52. The van der Waals surface area contributed by atoms with Crippen LogP contribution in [-0.4, -0.2) is 23.9 Å². The van der Waals surface area contributed by atoms with Gasteiger partial charge in [0.2, 0.25) is 5.91 Å². The van der Waals surface area contributed by atoms with Gasteiger partial charge in [-0.2, -0.15) is 0 Å². The standard InChI is InChI=1S/C11H16N4O3/c1-2-13-8-5-9(14-4-3-11(12)16)7-10(6-8)15(17)18/h5-7,13-14H,2-4H2,1H3,(H2,12,16). The fraction of sp³-hybridized carbons (Fsp3) is 0.364. The van der Waals surface area contributed by atoms with Gasteiger partial charge in [0.15, 0.2) is 0 Å². The Labute approximate surface area is 105 Å². The molecule has 0 atom stereocenters. The quantitative estimate of drug-likeness (QED) is 0.500. The highest BCUT2D eigenvalue weighted by molar-refractivity contribution is 5.74. The Morgan fingerprint density at radius 3 is 2.44 bits per heavy atom. The number of amides is 1. The zero-order valence-electron chi connectivity index (χ0n) is 10.1. The number of carbonyl (C=O) groups is 1. The minimum absolute atomic E-state index is 0.00461. The first-order valence-corrected chi connectivity index (χ1v) is 5.58. The SMILES string of the molecule is CCNc1cc(NCCC(N)=O)cc([N+](=O)[O-])c1. The second kappa shape index (κ2) is 6.43. The van der Waals surface area contributed by atoms with Gasteiger partial charge < -0.3 is 16.4 Å². The molecule has 98 valence electrons. The highest BCUT2D eigenvalue weighted by Crippen LogP contribution is 2.24. The number of rotatable bonds is 7. The zero-order valence-corrected chi connectivity index (χ0v) is 10.1. The second-order valence-corrected chi connectivity index (χ2v) is 3.70.